The van der Waals surface area contributed by atoms with E-state index in [2.05, 4.69) is 38.1 Å². The van der Waals surface area contributed by atoms with Crippen LogP contribution in [0.5, 0.6) is 0 Å². The summed E-state index contributed by atoms with van der Waals surface area (Å²) < 4.78 is 0. The van der Waals surface area contributed by atoms with Crippen LogP contribution in [-0.2, 0) is 12.8 Å². The second-order valence-electron chi connectivity index (χ2n) is 6.30. The Hall–Kier alpha value is -1.96. The monoisotopic (exact) mass is 296 g/mol. The molecule has 2 heteroatoms. The number of anilines is 2. The number of aryl methyl sites for hydroxylation is 4. The summed E-state index contributed by atoms with van der Waals surface area (Å²) in [6.07, 6.45) is 7.40. The largest absolute Gasteiger partial charge is 0.399 e. The van der Waals surface area contributed by atoms with E-state index in [0.717, 1.165) is 24.2 Å². The summed E-state index contributed by atoms with van der Waals surface area (Å²) in [4.78, 5) is 0. The lowest BCUT2D eigenvalue weighted by Crippen LogP contribution is -1.94. The van der Waals surface area contributed by atoms with Gasteiger partial charge in [0.05, 0.1) is 0 Å². The summed E-state index contributed by atoms with van der Waals surface area (Å²) >= 11 is 0. The fourth-order valence-electron chi connectivity index (χ4n) is 2.80. The van der Waals surface area contributed by atoms with Crippen molar-refractivity contribution in [2.45, 2.75) is 52.4 Å². The number of hydrogen-bond acceptors (Lipinski definition) is 2. The van der Waals surface area contributed by atoms with Gasteiger partial charge in [0.2, 0.25) is 0 Å². The van der Waals surface area contributed by atoms with Crippen LogP contribution in [0.2, 0.25) is 0 Å². The van der Waals surface area contributed by atoms with Crippen molar-refractivity contribution in [2.24, 2.45) is 0 Å². The lowest BCUT2D eigenvalue weighted by molar-refractivity contribution is 0.640. The minimum absolute atomic E-state index is 0.891. The molecule has 2 rings (SSSR count). The number of nitrogens with two attached hydrogens (primary N) is 2. The fourth-order valence-corrected chi connectivity index (χ4v) is 2.80. The first-order valence-electron chi connectivity index (χ1n) is 8.26. The van der Waals surface area contributed by atoms with Crippen LogP contribution < -0.4 is 11.5 Å². The van der Waals surface area contributed by atoms with Gasteiger partial charge >= 0.3 is 0 Å². The molecule has 0 bridgehead atoms. The van der Waals surface area contributed by atoms with E-state index in [1.54, 1.807) is 0 Å². The molecule has 0 aliphatic heterocycles. The normalized spacial score (nSPS) is 10.8. The molecule has 2 aromatic carbocycles. The van der Waals surface area contributed by atoms with Gasteiger partial charge in [-0.05, 0) is 73.9 Å². The third-order valence-corrected chi connectivity index (χ3v) is 4.35. The Morgan fingerprint density at radius 2 is 1.05 bits per heavy atom. The number of benzene rings is 2. The van der Waals surface area contributed by atoms with Crippen molar-refractivity contribution in [3.05, 3.63) is 58.7 Å². The van der Waals surface area contributed by atoms with Gasteiger partial charge in [0.1, 0.15) is 0 Å². The molecule has 0 aliphatic carbocycles. The van der Waals surface area contributed by atoms with E-state index in [4.69, 9.17) is 11.5 Å². The van der Waals surface area contributed by atoms with Crippen LogP contribution >= 0.6 is 0 Å². The van der Waals surface area contributed by atoms with Crippen LogP contribution in [-0.4, -0.2) is 0 Å². The average molecular weight is 296 g/mol. The summed E-state index contributed by atoms with van der Waals surface area (Å²) in [5.41, 5.74) is 18.7. The van der Waals surface area contributed by atoms with Crippen LogP contribution in [0.4, 0.5) is 11.4 Å². The van der Waals surface area contributed by atoms with E-state index in [0.29, 0.717) is 0 Å². The van der Waals surface area contributed by atoms with E-state index in [-0.39, 0.29) is 0 Å². The minimum atomic E-state index is 0.891. The Labute approximate surface area is 134 Å². The Morgan fingerprint density at radius 3 is 1.41 bits per heavy atom. The van der Waals surface area contributed by atoms with Crippen LogP contribution in [0.3, 0.4) is 0 Å². The molecule has 4 N–H and O–H groups in total. The molecule has 0 atom stereocenters. The van der Waals surface area contributed by atoms with Gasteiger partial charge in [0, 0.05) is 11.4 Å². The molecule has 2 nitrogen and oxygen atoms in total. The molecule has 0 unspecified atom stereocenters. The number of hydrogen-bond donors (Lipinski definition) is 2. The quantitative estimate of drug-likeness (QED) is 0.569. The van der Waals surface area contributed by atoms with Gasteiger partial charge < -0.3 is 11.5 Å². The van der Waals surface area contributed by atoms with E-state index in [1.807, 2.05) is 12.1 Å². The minimum Gasteiger partial charge on any atom is -0.399 e. The maximum absolute atomic E-state index is 5.85. The van der Waals surface area contributed by atoms with Gasteiger partial charge in [0.15, 0.2) is 0 Å². The lowest BCUT2D eigenvalue weighted by Gasteiger charge is -2.06. The van der Waals surface area contributed by atoms with Crippen molar-refractivity contribution in [3.63, 3.8) is 0 Å². The van der Waals surface area contributed by atoms with Crippen molar-refractivity contribution < 1.29 is 0 Å². The molecule has 0 aliphatic rings. The van der Waals surface area contributed by atoms with E-state index in [1.165, 1.54) is 47.9 Å². The maximum Gasteiger partial charge on any atom is 0.0343 e. The highest BCUT2D eigenvalue weighted by Crippen LogP contribution is 2.17. The summed E-state index contributed by atoms with van der Waals surface area (Å²) in [5.74, 6) is 0. The third kappa shape index (κ3) is 4.80. The molecule has 0 saturated carbocycles. The van der Waals surface area contributed by atoms with Gasteiger partial charge in [-0.25, -0.2) is 0 Å². The van der Waals surface area contributed by atoms with Crippen molar-refractivity contribution >= 4 is 11.4 Å². The van der Waals surface area contributed by atoms with E-state index < -0.39 is 0 Å². The van der Waals surface area contributed by atoms with Crippen LogP contribution in [0.1, 0.15) is 47.9 Å². The smallest absolute Gasteiger partial charge is 0.0343 e. The fraction of sp³-hybridized carbons (Fsp3) is 0.400. The number of rotatable bonds is 7. The molecular formula is C20H28N2. The number of nitrogen functional groups attached to an aromatic ring is 2. The SMILES string of the molecule is Cc1cc(CCCCCCc2ccc(N)c(C)c2)ccc1N. The van der Waals surface area contributed by atoms with Gasteiger partial charge in [-0.1, -0.05) is 37.1 Å². The standard InChI is InChI=1S/C20H28N2/c1-15-13-17(9-11-19(15)21)7-5-3-4-6-8-18-10-12-20(22)16(2)14-18/h9-14H,3-8,21-22H2,1-2H3. The second-order valence-corrected chi connectivity index (χ2v) is 6.30. The highest BCUT2D eigenvalue weighted by atomic mass is 14.6. The Kier molecular flexibility index (Phi) is 5.88. The molecule has 22 heavy (non-hydrogen) atoms. The van der Waals surface area contributed by atoms with Crippen molar-refractivity contribution in [2.75, 3.05) is 11.5 Å². The highest BCUT2D eigenvalue weighted by Gasteiger charge is 1.99. The lowest BCUT2D eigenvalue weighted by atomic mass is 10.0. The topological polar surface area (TPSA) is 52.0 Å². The summed E-state index contributed by atoms with van der Waals surface area (Å²) in [6.45, 7) is 4.15. The molecule has 2 aromatic rings. The Bertz CT molecular complexity index is 562. The number of unbranched alkanes of at least 4 members (excludes halogenated alkanes) is 3. The predicted molar refractivity (Wildman–Crippen MR) is 97.1 cm³/mol. The van der Waals surface area contributed by atoms with Gasteiger partial charge in [-0.2, -0.15) is 0 Å². The van der Waals surface area contributed by atoms with Crippen molar-refractivity contribution in [1.29, 1.82) is 0 Å². The van der Waals surface area contributed by atoms with Crippen LogP contribution in [0.15, 0.2) is 36.4 Å². The second kappa shape index (κ2) is 7.88. The molecule has 118 valence electrons. The maximum atomic E-state index is 5.85. The van der Waals surface area contributed by atoms with E-state index >= 15 is 0 Å². The first-order valence-corrected chi connectivity index (χ1v) is 8.26. The van der Waals surface area contributed by atoms with Crippen molar-refractivity contribution in [1.82, 2.24) is 0 Å². The molecule has 0 fully saturated rings. The van der Waals surface area contributed by atoms with Gasteiger partial charge in [-0.15, -0.1) is 0 Å². The first-order chi connectivity index (χ1) is 10.6. The zero-order chi connectivity index (χ0) is 15.9. The molecular weight excluding hydrogens is 268 g/mol. The predicted octanol–water partition coefficient (Wildman–Crippen LogP) is 4.81. The van der Waals surface area contributed by atoms with E-state index in [9.17, 15) is 0 Å². The highest BCUT2D eigenvalue weighted by molar-refractivity contribution is 5.48. The zero-order valence-corrected chi connectivity index (χ0v) is 13.9. The van der Waals surface area contributed by atoms with Gasteiger partial charge in [0.25, 0.3) is 0 Å². The first kappa shape index (κ1) is 16.4. The Balaban J connectivity index is 1.65. The molecule has 0 amide bonds. The Morgan fingerprint density at radius 1 is 0.636 bits per heavy atom. The molecule has 0 radical (unpaired) electrons. The molecule has 0 aromatic heterocycles. The van der Waals surface area contributed by atoms with Crippen LogP contribution in [0, 0.1) is 13.8 Å². The summed E-state index contributed by atoms with van der Waals surface area (Å²) in [7, 11) is 0. The summed E-state index contributed by atoms with van der Waals surface area (Å²) in [5, 5.41) is 0. The average Bonchev–Trinajstić information content (AvgIpc) is 2.50. The van der Waals surface area contributed by atoms with Crippen molar-refractivity contribution in [3.8, 4) is 0 Å². The molecule has 0 saturated heterocycles. The molecule has 0 spiro atoms. The van der Waals surface area contributed by atoms with Gasteiger partial charge in [-0.3, -0.25) is 0 Å². The third-order valence-electron chi connectivity index (χ3n) is 4.35. The zero-order valence-electron chi connectivity index (χ0n) is 13.9. The van der Waals surface area contributed by atoms with Crippen LogP contribution in [0.25, 0.3) is 0 Å². The molecule has 0 heterocycles. The summed E-state index contributed by atoms with van der Waals surface area (Å²) in [6, 6.07) is 12.8.